The van der Waals surface area contributed by atoms with E-state index in [1.165, 1.54) is 26.8 Å². The van der Waals surface area contributed by atoms with Crippen molar-refractivity contribution in [3.63, 3.8) is 0 Å². The van der Waals surface area contributed by atoms with Crippen molar-refractivity contribution in [2.75, 3.05) is 20.8 Å². The van der Waals surface area contributed by atoms with Crippen molar-refractivity contribution < 1.29 is 28.2 Å². The lowest BCUT2D eigenvalue weighted by atomic mass is 10.0. The number of rotatable bonds is 11. The first-order valence-corrected chi connectivity index (χ1v) is 11.1. The molecule has 0 aliphatic carbocycles. The third-order valence-electron chi connectivity index (χ3n) is 4.73. The molecule has 2 aromatic carbocycles. The summed E-state index contributed by atoms with van der Waals surface area (Å²) in [5, 5.41) is 2.73. The second kappa shape index (κ2) is 15.0. The van der Waals surface area contributed by atoms with Crippen LogP contribution in [0.25, 0.3) is 6.08 Å². The molecule has 0 saturated carbocycles. The third kappa shape index (κ3) is 10.0. The van der Waals surface area contributed by atoms with Gasteiger partial charge in [0.2, 0.25) is 5.91 Å². The van der Waals surface area contributed by atoms with Crippen molar-refractivity contribution in [2.45, 2.75) is 26.4 Å². The molecular weight excluding hydrogens is 461 g/mol. The molecule has 0 bridgehead atoms. The number of aldehydes is 1. The second-order valence-corrected chi connectivity index (χ2v) is 7.87. The highest BCUT2D eigenvalue weighted by molar-refractivity contribution is 5.93. The van der Waals surface area contributed by atoms with Crippen LogP contribution in [0.2, 0.25) is 0 Å². The first-order chi connectivity index (χ1) is 17.1. The molecule has 36 heavy (non-hydrogen) atoms. The number of hydrogen-bond acceptors (Lipinski definition) is 5. The zero-order valence-electron chi connectivity index (χ0n) is 21.5. The van der Waals surface area contributed by atoms with Crippen LogP contribution >= 0.6 is 0 Å². The number of hydrogen-bond donors (Lipinski definition) is 1. The predicted octanol–water partition coefficient (Wildman–Crippen LogP) is 5.95. The number of halogens is 1. The predicted molar refractivity (Wildman–Crippen MR) is 142 cm³/mol. The number of benzene rings is 2. The lowest BCUT2D eigenvalue weighted by Crippen LogP contribution is -2.22. The van der Waals surface area contributed by atoms with Gasteiger partial charge in [-0.05, 0) is 62.2 Å². The summed E-state index contributed by atoms with van der Waals surface area (Å²) in [7, 11) is 3.11. The number of nitrogens with one attached hydrogen (secondary N) is 1. The molecule has 2 aromatic rings. The van der Waals surface area contributed by atoms with Crippen LogP contribution in [0.15, 0.2) is 85.1 Å². The third-order valence-corrected chi connectivity index (χ3v) is 4.73. The lowest BCUT2D eigenvalue weighted by Gasteiger charge is -2.17. The molecule has 0 aliphatic rings. The molecule has 2 rings (SSSR count). The molecule has 0 unspecified atom stereocenters. The normalized spacial score (nSPS) is 11.1. The molecule has 0 fully saturated rings. The number of amides is 1. The van der Waals surface area contributed by atoms with Crippen LogP contribution < -0.4 is 19.5 Å². The number of carbonyl (C=O) groups is 2. The summed E-state index contributed by atoms with van der Waals surface area (Å²) in [5.41, 5.74) is 0.814. The Bertz CT molecular complexity index is 1110. The van der Waals surface area contributed by atoms with E-state index in [2.05, 4.69) is 18.5 Å². The smallest absolute Gasteiger partial charge is 0.248 e. The van der Waals surface area contributed by atoms with E-state index in [-0.39, 0.29) is 12.5 Å². The van der Waals surface area contributed by atoms with Crippen molar-refractivity contribution in [3.8, 4) is 17.2 Å². The first-order valence-electron chi connectivity index (χ1n) is 11.1. The Balaban J connectivity index is 0.00000205. The Morgan fingerprint density at radius 2 is 1.78 bits per heavy atom. The summed E-state index contributed by atoms with van der Waals surface area (Å²) in [6.07, 6.45) is 7.08. The van der Waals surface area contributed by atoms with E-state index in [4.69, 9.17) is 19.0 Å². The molecule has 0 saturated heterocycles. The summed E-state index contributed by atoms with van der Waals surface area (Å²) in [5.74, 6) is 1.33. The molecule has 1 amide bonds. The van der Waals surface area contributed by atoms with Crippen molar-refractivity contribution in [3.05, 3.63) is 96.2 Å². The van der Waals surface area contributed by atoms with E-state index in [9.17, 15) is 9.18 Å². The number of alkyl halides is 1. The summed E-state index contributed by atoms with van der Waals surface area (Å²) in [6, 6.07) is 12.2. The highest BCUT2D eigenvalue weighted by Crippen LogP contribution is 2.28. The maximum atomic E-state index is 14.2. The van der Waals surface area contributed by atoms with E-state index in [0.717, 1.165) is 11.8 Å². The summed E-state index contributed by atoms with van der Waals surface area (Å²) >= 11 is 0. The average molecular weight is 496 g/mol. The van der Waals surface area contributed by atoms with Crippen LogP contribution in [0.3, 0.4) is 0 Å². The van der Waals surface area contributed by atoms with Crippen molar-refractivity contribution in [2.24, 2.45) is 0 Å². The minimum Gasteiger partial charge on any atom is -0.493 e. The van der Waals surface area contributed by atoms with Crippen LogP contribution in [0.1, 0.15) is 31.9 Å². The maximum Gasteiger partial charge on any atom is 0.248 e. The van der Waals surface area contributed by atoms with Gasteiger partial charge in [-0.2, -0.15) is 0 Å². The molecule has 7 heteroatoms. The summed E-state index contributed by atoms with van der Waals surface area (Å²) in [4.78, 5) is 21.2. The van der Waals surface area contributed by atoms with Gasteiger partial charge in [-0.1, -0.05) is 43.5 Å². The van der Waals surface area contributed by atoms with E-state index >= 15 is 0 Å². The fourth-order valence-electron chi connectivity index (χ4n) is 2.89. The molecule has 0 spiro atoms. The van der Waals surface area contributed by atoms with Gasteiger partial charge in [-0.25, -0.2) is 4.39 Å². The van der Waals surface area contributed by atoms with Gasteiger partial charge in [0, 0.05) is 17.3 Å². The highest BCUT2D eigenvalue weighted by Gasteiger charge is 2.19. The maximum absolute atomic E-state index is 14.2. The average Bonchev–Trinajstić information content (AvgIpc) is 2.85. The lowest BCUT2D eigenvalue weighted by molar-refractivity contribution is -0.115. The first kappa shape index (κ1) is 29.9. The molecular formula is C29H34FNO5. The quantitative estimate of drug-likeness (QED) is 0.237. The number of methoxy groups -OCH3 is 2. The fourth-order valence-corrected chi connectivity index (χ4v) is 2.89. The van der Waals surface area contributed by atoms with Gasteiger partial charge >= 0.3 is 0 Å². The van der Waals surface area contributed by atoms with Crippen LogP contribution in [0.4, 0.5) is 4.39 Å². The van der Waals surface area contributed by atoms with Crippen LogP contribution in [-0.2, 0) is 15.3 Å². The standard InChI is InChI=1S/C27H30FNO4.C2H4O/c1-7-9-21(18-33-23-11-8-10-22(17-23)27(3,4)28)19(2)29-26(30)15-13-20-12-14-24(31-5)25(16-20)32-6;1-2-3/h7-17H,1-2,18H2,3-6H3,(H,29,30);2H,1H3/b15-13+,21-9-;. The number of carbonyl (C=O) groups excluding carboxylic acids is 2. The summed E-state index contributed by atoms with van der Waals surface area (Å²) < 4.78 is 30.5. The van der Waals surface area contributed by atoms with Gasteiger partial charge < -0.3 is 24.3 Å². The van der Waals surface area contributed by atoms with Crippen LogP contribution in [-0.4, -0.2) is 33.0 Å². The minimum absolute atomic E-state index is 0.126. The second-order valence-electron chi connectivity index (χ2n) is 7.87. The molecule has 0 aliphatic heterocycles. The highest BCUT2D eigenvalue weighted by atomic mass is 19.1. The largest absolute Gasteiger partial charge is 0.493 e. The zero-order valence-corrected chi connectivity index (χ0v) is 21.5. The van der Waals surface area contributed by atoms with Gasteiger partial charge in [-0.15, -0.1) is 0 Å². The Morgan fingerprint density at radius 1 is 1.11 bits per heavy atom. The number of ether oxygens (including phenoxy) is 3. The van der Waals surface area contributed by atoms with Crippen molar-refractivity contribution >= 4 is 18.3 Å². The minimum atomic E-state index is -1.48. The molecule has 0 heterocycles. The van der Waals surface area contributed by atoms with Gasteiger partial charge in [0.25, 0.3) is 0 Å². The SMILES string of the molecule is C=C/C=C(/COc1cccc(C(C)(C)F)c1)C(=C)NC(=O)/C=C/c1ccc(OC)c(OC)c1.CC=O. The van der Waals surface area contributed by atoms with E-state index in [1.54, 1.807) is 68.8 Å². The molecule has 0 atom stereocenters. The summed E-state index contributed by atoms with van der Waals surface area (Å²) in [6.45, 7) is 12.2. The van der Waals surface area contributed by atoms with Crippen LogP contribution in [0.5, 0.6) is 17.2 Å². The van der Waals surface area contributed by atoms with Crippen molar-refractivity contribution in [1.82, 2.24) is 5.32 Å². The molecule has 1 N–H and O–H groups in total. The van der Waals surface area contributed by atoms with E-state index in [0.29, 0.717) is 34.1 Å². The Hall–Kier alpha value is -4.13. The monoisotopic (exact) mass is 495 g/mol. The fraction of sp³-hybridized carbons (Fsp3) is 0.241. The number of allylic oxidation sites excluding steroid dienone is 2. The zero-order chi connectivity index (χ0) is 27.1. The van der Waals surface area contributed by atoms with Gasteiger partial charge in [0.1, 0.15) is 24.3 Å². The van der Waals surface area contributed by atoms with E-state index < -0.39 is 5.67 Å². The van der Waals surface area contributed by atoms with E-state index in [1.807, 2.05) is 6.07 Å². The topological polar surface area (TPSA) is 73.9 Å². The van der Waals surface area contributed by atoms with Crippen LogP contribution in [0, 0.1) is 0 Å². The van der Waals surface area contributed by atoms with Gasteiger partial charge in [0.05, 0.1) is 14.2 Å². The Kier molecular flexibility index (Phi) is 12.4. The molecule has 6 nitrogen and oxygen atoms in total. The van der Waals surface area contributed by atoms with Gasteiger partial charge in [-0.3, -0.25) is 4.79 Å². The Labute approximate surface area is 212 Å². The molecule has 192 valence electrons. The molecule has 0 radical (unpaired) electrons. The van der Waals surface area contributed by atoms with Crippen molar-refractivity contribution in [1.29, 1.82) is 0 Å². The van der Waals surface area contributed by atoms with Gasteiger partial charge in [0.15, 0.2) is 11.5 Å². The molecule has 0 aromatic heterocycles. The Morgan fingerprint density at radius 3 is 2.36 bits per heavy atom.